The number of carbonyl (C=O) groups excluding carboxylic acids is 2. The Kier molecular flexibility index (Phi) is 34.4. The third kappa shape index (κ3) is 27.3. The number of nitrogen functional groups attached to an aromatic ring is 4. The number of halogens is 8. The summed E-state index contributed by atoms with van der Waals surface area (Å²) in [6.45, 7) is 41.0. The zero-order valence-electron chi connectivity index (χ0n) is 83.7. The number of hydrogen-bond donors (Lipinski definition) is 6. The molecule has 15 rings (SSSR count). The topological polar surface area (TPSA) is 421 Å². The highest BCUT2D eigenvalue weighted by atomic mass is 127. The summed E-state index contributed by atoms with van der Waals surface area (Å²) in [6, 6.07) is 34.3. The molecule has 6 aromatic heterocycles. The highest BCUT2D eigenvalue weighted by molar-refractivity contribution is 14.1. The van der Waals surface area contributed by atoms with Crippen LogP contribution < -0.4 is 28.4 Å². The largest absolute Gasteiger partial charge is 0.497 e. The summed E-state index contributed by atoms with van der Waals surface area (Å²) in [6.07, 6.45) is 0.0131. The van der Waals surface area contributed by atoms with Crippen LogP contribution in [0.25, 0.3) is 54.7 Å². The average Bonchev–Trinajstić information content (AvgIpc) is 1.59. The van der Waals surface area contributed by atoms with Crippen LogP contribution >= 0.6 is 70.4 Å². The molecule has 10 N–H and O–H groups in total. The van der Waals surface area contributed by atoms with E-state index in [4.69, 9.17) is 70.6 Å². The predicted octanol–water partition coefficient (Wildman–Crippen LogP) is 18.7. The second-order valence-corrected chi connectivity index (χ2v) is 44.1. The molecule has 0 radical (unpaired) electrons. The van der Waals surface area contributed by atoms with Gasteiger partial charge in [-0.3, -0.25) is 28.3 Å². The number of carbonyl (C=O) groups is 2. The minimum atomic E-state index is -1.29. The normalized spacial score (nSPS) is 15.7. The van der Waals surface area contributed by atoms with E-state index in [-0.39, 0.29) is 53.9 Å². The van der Waals surface area contributed by atoms with E-state index in [1.807, 2.05) is 114 Å². The number of anilines is 4. The number of nitrogens with zero attached hydrogens (tertiary/aromatic N) is 13. The molecule has 6 aromatic carbocycles. The van der Waals surface area contributed by atoms with E-state index in [9.17, 15) is 47.9 Å². The first-order chi connectivity index (χ1) is 65.1. The molecule has 0 spiro atoms. The first-order valence-electron chi connectivity index (χ1n) is 44.8. The summed E-state index contributed by atoms with van der Waals surface area (Å²) in [5.41, 5.74) is 26.5. The second-order valence-electron chi connectivity index (χ2n) is 40.3. The van der Waals surface area contributed by atoms with Gasteiger partial charge in [0.25, 0.3) is 0 Å². The SMILES string of the molecule is CC(C)(O)C#Cc1ccc(Br)c([C@@H](CC(=O)OC(C)(C)C)Cc2cc(F)cc(F)c2)n1.CC1(C)OB(B2OC(C)(C)C(C)(C)O2)OC1(C)C.Cn1nc(N)c2c(C#N)ccc(-c3ccc(C#CC(C)(C)O)nc3[C@@H](CC(=O)OC(C)(C)C)Cc3cc(F)cc(F)c3)c21.Cn1nc(N)c2c(C#N)ccc(B3OC(C)(C)C(C)(C)O3)c21.Cn1nc(N)c2c(C#N)ccc(Br)c21.Cn1nc(N)c2c(I)ccc(Br)c21. The lowest BCUT2D eigenvalue weighted by molar-refractivity contribution is -0.156. The van der Waals surface area contributed by atoms with Crippen LogP contribution in [-0.4, -0.2) is 148 Å². The smallest absolute Gasteiger partial charge is 0.460 e. The van der Waals surface area contributed by atoms with Crippen molar-refractivity contribution in [3.63, 3.8) is 0 Å². The standard InChI is InChI=1S/C33H33F2N5O3.C24H26BrF2NO3.C15H19BN4O2.C12H24B2O4.C9H7BrN4.C8H7BrIN3/c1-32(2,3)43-27(41)16-21(13-19-14-22(34)17-23(35)15-19)29-25(10-8-24(38-29)11-12-33(4,5)42)26-9-7-20(18-36)28-30(26)40(6)39-31(28)37;1-23(2,3)31-21(29)13-16(10-15-11-17(26)14-18(27)12-15)22-20(25)7-6-19(28-22)8-9-24(4,5)30;1-14(2)15(3,4)22-16(21-14)10-7-6-9(8-17)11-12(10)20(5)19-13(11)18;1-9(2)10(3,4)16-13(15-9)14-17-11(5,6)12(7,8)18-14;1-14-8-6(10)3-2-5(4-11)7(8)9(12)13-14;1-13-7-4(9)2-3-5(10)6(7)8(11)12-13/h7-10,14-15,17,21,42H,13,16H2,1-6H3,(H2,37,39);6-7,11-12,14,16,30H,10,13H2,1-5H3;6-7H,1-5H3,(H2,18,19);1-8H3;2-3H,1H3,(H2,12,13);2-3H,1H3,(H2,11,12)/t21-;16-;;;;/m11..../s1. The number of hydrogen-bond acceptors (Lipinski definition) is 25. The summed E-state index contributed by atoms with van der Waals surface area (Å²) in [5, 5.41) is 67.6. The number of ether oxygens (including phenoxy) is 2. The van der Waals surface area contributed by atoms with E-state index in [0.717, 1.165) is 52.0 Å². The minimum Gasteiger partial charge on any atom is -0.460 e. The summed E-state index contributed by atoms with van der Waals surface area (Å²) < 4.78 is 113. The number of aliphatic hydroxyl groups is 2. The van der Waals surface area contributed by atoms with Gasteiger partial charge in [-0.15, -0.1) is 0 Å². The Labute approximate surface area is 859 Å². The van der Waals surface area contributed by atoms with Gasteiger partial charge in [-0.05, 0) is 343 Å². The maximum atomic E-state index is 14.2. The van der Waals surface area contributed by atoms with E-state index in [2.05, 4.69) is 138 Å². The van der Waals surface area contributed by atoms with Crippen molar-refractivity contribution in [3.05, 3.63) is 200 Å². The maximum Gasteiger partial charge on any atom is 0.497 e. The van der Waals surface area contributed by atoms with Crippen LogP contribution in [0.15, 0.2) is 123 Å². The van der Waals surface area contributed by atoms with Crippen molar-refractivity contribution in [2.45, 2.75) is 246 Å². The summed E-state index contributed by atoms with van der Waals surface area (Å²) in [5.74, 6) is 7.54. The number of aryl methyl sites for hydroxylation is 4. The molecule has 3 fully saturated rings. The molecule has 141 heavy (non-hydrogen) atoms. The van der Waals surface area contributed by atoms with Crippen LogP contribution in [0.2, 0.25) is 0 Å². The lowest BCUT2D eigenvalue weighted by atomic mass is 9.49. The van der Waals surface area contributed by atoms with E-state index in [0.29, 0.717) is 105 Å². The molecule has 0 bridgehead atoms. The van der Waals surface area contributed by atoms with Crippen molar-refractivity contribution in [2.75, 3.05) is 22.9 Å². The minimum absolute atomic E-state index is 0.0383. The summed E-state index contributed by atoms with van der Waals surface area (Å²) >= 11 is 12.6. The summed E-state index contributed by atoms with van der Waals surface area (Å²) in [4.78, 5) is 35.1. The number of pyridine rings is 2. The molecule has 0 aliphatic carbocycles. The van der Waals surface area contributed by atoms with Crippen LogP contribution in [0.3, 0.4) is 0 Å². The summed E-state index contributed by atoms with van der Waals surface area (Å²) in [7, 11) is 5.72. The Morgan fingerprint density at radius 2 is 0.752 bits per heavy atom. The monoisotopic (exact) mass is 2230 g/mol. The van der Waals surface area contributed by atoms with Crippen molar-refractivity contribution in [1.82, 2.24) is 49.1 Å². The number of benzene rings is 6. The Morgan fingerprint density at radius 3 is 1.14 bits per heavy atom. The highest BCUT2D eigenvalue weighted by Gasteiger charge is 2.64. The van der Waals surface area contributed by atoms with Crippen molar-refractivity contribution < 1.29 is 74.8 Å². The first kappa shape index (κ1) is 112. The van der Waals surface area contributed by atoms with Crippen LogP contribution in [-0.2, 0) is 88.0 Å². The zero-order valence-corrected chi connectivity index (χ0v) is 90.6. The first-order valence-corrected chi connectivity index (χ1v) is 48.3. The van der Waals surface area contributed by atoms with Gasteiger partial charge in [0.1, 0.15) is 57.1 Å². The third-order valence-electron chi connectivity index (χ3n) is 23.9. The van der Waals surface area contributed by atoms with E-state index in [1.165, 1.54) is 24.3 Å². The quantitative estimate of drug-likeness (QED) is 0.0205. The van der Waals surface area contributed by atoms with Gasteiger partial charge in [0.05, 0.1) is 136 Å². The molecule has 3 aliphatic rings. The van der Waals surface area contributed by atoms with E-state index in [1.54, 1.807) is 158 Å². The molecule has 40 heteroatoms. The maximum absolute atomic E-state index is 14.2. The molecular weight excluding hydrogens is 2120 g/mol. The molecule has 9 heterocycles. The van der Waals surface area contributed by atoms with Crippen LogP contribution in [0, 0.1) is 84.5 Å². The van der Waals surface area contributed by atoms with Gasteiger partial charge in [-0.2, -0.15) is 36.2 Å². The molecule has 0 unspecified atom stereocenters. The van der Waals surface area contributed by atoms with Crippen molar-refractivity contribution in [3.8, 4) is 53.0 Å². The molecular formula is C101H116B3Br3F4IN17O12. The van der Waals surface area contributed by atoms with Crippen LogP contribution in [0.5, 0.6) is 0 Å². The van der Waals surface area contributed by atoms with Gasteiger partial charge in [-0.1, -0.05) is 24.0 Å². The number of rotatable bonds is 13. The molecule has 3 aliphatic heterocycles. The number of nitrogens with two attached hydrogens (primary N) is 4. The Morgan fingerprint density at radius 1 is 0.440 bits per heavy atom. The highest BCUT2D eigenvalue weighted by Crippen LogP contribution is 2.46. The molecule has 12 aromatic rings. The molecule has 3 saturated heterocycles. The Balaban J connectivity index is 0.000000183. The van der Waals surface area contributed by atoms with Crippen LogP contribution in [0.4, 0.5) is 40.8 Å². The molecule has 29 nitrogen and oxygen atoms in total. The second kappa shape index (κ2) is 43.3. The zero-order chi connectivity index (χ0) is 105. The van der Waals surface area contributed by atoms with Gasteiger partial charge < -0.3 is 70.5 Å². The van der Waals surface area contributed by atoms with Crippen molar-refractivity contribution in [2.24, 2.45) is 28.2 Å². The number of nitriles is 3. The van der Waals surface area contributed by atoms with Gasteiger partial charge in [0.15, 0.2) is 23.3 Å². The molecule has 0 saturated carbocycles. The van der Waals surface area contributed by atoms with Gasteiger partial charge >= 0.3 is 33.1 Å². The predicted molar refractivity (Wildman–Crippen MR) is 559 cm³/mol. The molecule has 0 amide bonds. The third-order valence-corrected chi connectivity index (χ3v) is 26.8. The molecule has 742 valence electrons. The van der Waals surface area contributed by atoms with Crippen molar-refractivity contribution >= 4 is 176 Å². The Bertz CT molecular complexity index is 6900. The number of fused-ring (bicyclic) bond motifs is 4. The van der Waals surface area contributed by atoms with Gasteiger partial charge in [0, 0.05) is 85.7 Å². The van der Waals surface area contributed by atoms with E-state index >= 15 is 0 Å². The van der Waals surface area contributed by atoms with Gasteiger partial charge in [0.2, 0.25) is 0 Å². The lowest BCUT2D eigenvalue weighted by Gasteiger charge is -2.32. The molecule has 2 atom stereocenters. The van der Waals surface area contributed by atoms with E-state index < -0.39 is 102 Å². The van der Waals surface area contributed by atoms with Crippen LogP contribution in [0.1, 0.15) is 228 Å². The van der Waals surface area contributed by atoms with Crippen molar-refractivity contribution in [1.29, 1.82) is 15.8 Å². The number of aromatic nitrogens is 10. The Hall–Kier alpha value is -11.0. The fraction of sp³-hybridized carbons (Fsp3) is 0.416. The van der Waals surface area contributed by atoms with Gasteiger partial charge in [-0.25, -0.2) is 27.5 Å². The fourth-order valence-electron chi connectivity index (χ4n) is 15.4. The number of esters is 2. The fourth-order valence-corrected chi connectivity index (χ4v) is 17.8. The average molecular weight is 2240 g/mol. The lowest BCUT2D eigenvalue weighted by Crippen LogP contribution is -2.41.